The lowest BCUT2D eigenvalue weighted by atomic mass is 10.1. The van der Waals surface area contributed by atoms with Crippen LogP contribution in [0.4, 0.5) is 0 Å². The van der Waals surface area contributed by atoms with E-state index in [0.717, 1.165) is 18.1 Å². The van der Waals surface area contributed by atoms with Gasteiger partial charge in [0.2, 0.25) is 0 Å². The molecular formula is C18H22N2S. The van der Waals surface area contributed by atoms with Crippen molar-refractivity contribution in [3.63, 3.8) is 0 Å². The fourth-order valence-electron chi connectivity index (χ4n) is 2.21. The van der Waals surface area contributed by atoms with Crippen LogP contribution in [0.1, 0.15) is 24.1 Å². The first kappa shape index (κ1) is 15.5. The molecule has 3 heteroatoms. The predicted molar refractivity (Wildman–Crippen MR) is 93.4 cm³/mol. The molecule has 0 aromatic heterocycles. The van der Waals surface area contributed by atoms with Crippen LogP contribution in [0.3, 0.4) is 0 Å². The molecule has 2 nitrogen and oxygen atoms in total. The molecule has 2 aromatic carbocycles. The highest BCUT2D eigenvalue weighted by Crippen LogP contribution is 2.17. The molecule has 21 heavy (non-hydrogen) atoms. The number of hydrogen-bond acceptors (Lipinski definition) is 1. The zero-order valence-corrected chi connectivity index (χ0v) is 13.4. The van der Waals surface area contributed by atoms with Gasteiger partial charge in [-0.3, -0.25) is 0 Å². The Labute approximate surface area is 132 Å². The number of nitrogens with zero attached hydrogens (tertiary/aromatic N) is 1. The van der Waals surface area contributed by atoms with Gasteiger partial charge in [-0.2, -0.15) is 0 Å². The predicted octanol–water partition coefficient (Wildman–Crippen LogP) is 3.80. The lowest BCUT2D eigenvalue weighted by Gasteiger charge is -2.28. The number of hydrogen-bond donors (Lipinski definition) is 1. The van der Waals surface area contributed by atoms with Crippen LogP contribution in [0.5, 0.6) is 0 Å². The topological polar surface area (TPSA) is 15.3 Å². The van der Waals surface area contributed by atoms with Crippen molar-refractivity contribution in [2.45, 2.75) is 19.4 Å². The highest BCUT2D eigenvalue weighted by molar-refractivity contribution is 7.80. The van der Waals surface area contributed by atoms with E-state index in [9.17, 15) is 0 Å². The second-order valence-electron chi connectivity index (χ2n) is 5.17. The summed E-state index contributed by atoms with van der Waals surface area (Å²) >= 11 is 5.48. The maximum atomic E-state index is 5.48. The summed E-state index contributed by atoms with van der Waals surface area (Å²) in [7, 11) is 2.04. The van der Waals surface area contributed by atoms with Crippen molar-refractivity contribution in [2.75, 3.05) is 13.6 Å². The van der Waals surface area contributed by atoms with Crippen LogP contribution in [-0.2, 0) is 6.42 Å². The number of rotatable bonds is 5. The van der Waals surface area contributed by atoms with Gasteiger partial charge in [0.05, 0.1) is 6.04 Å². The standard InChI is InChI=1S/C18H22N2S/c1-15(17-11-7-4-8-12-17)20(2)18(21)19-14-13-16-9-5-3-6-10-16/h3-12,15H,13-14H2,1-2H3,(H,19,21)/t15-/m0/s1. The fraction of sp³-hybridized carbons (Fsp3) is 0.278. The Bertz CT molecular complexity index is 554. The van der Waals surface area contributed by atoms with Gasteiger partial charge in [0.15, 0.2) is 5.11 Å². The monoisotopic (exact) mass is 298 g/mol. The first-order valence-corrected chi connectivity index (χ1v) is 7.69. The van der Waals surface area contributed by atoms with Crippen molar-refractivity contribution in [1.29, 1.82) is 0 Å². The second kappa shape index (κ2) is 7.79. The van der Waals surface area contributed by atoms with E-state index in [2.05, 4.69) is 65.7 Å². The van der Waals surface area contributed by atoms with Crippen LogP contribution in [0.25, 0.3) is 0 Å². The summed E-state index contributed by atoms with van der Waals surface area (Å²) in [5.74, 6) is 0. The molecule has 0 unspecified atom stereocenters. The highest BCUT2D eigenvalue weighted by atomic mass is 32.1. The molecule has 110 valence electrons. The molecule has 0 radical (unpaired) electrons. The normalized spacial score (nSPS) is 11.7. The van der Waals surface area contributed by atoms with E-state index in [-0.39, 0.29) is 6.04 Å². The Kier molecular flexibility index (Phi) is 5.76. The lowest BCUT2D eigenvalue weighted by Crippen LogP contribution is -2.39. The summed E-state index contributed by atoms with van der Waals surface area (Å²) in [6.45, 7) is 3.02. The molecule has 2 rings (SSSR count). The minimum absolute atomic E-state index is 0.267. The van der Waals surface area contributed by atoms with Gasteiger partial charge < -0.3 is 10.2 Å². The molecule has 0 heterocycles. The molecule has 0 aliphatic carbocycles. The zero-order chi connectivity index (χ0) is 15.1. The van der Waals surface area contributed by atoms with Crippen LogP contribution in [0, 0.1) is 0 Å². The van der Waals surface area contributed by atoms with Crippen molar-refractivity contribution < 1.29 is 0 Å². The van der Waals surface area contributed by atoms with Gasteiger partial charge >= 0.3 is 0 Å². The van der Waals surface area contributed by atoms with Crippen molar-refractivity contribution in [3.05, 3.63) is 71.8 Å². The Morgan fingerprint density at radius 3 is 2.24 bits per heavy atom. The van der Waals surface area contributed by atoms with Crippen LogP contribution in [0.15, 0.2) is 60.7 Å². The van der Waals surface area contributed by atoms with E-state index in [1.165, 1.54) is 11.1 Å². The number of nitrogens with one attached hydrogen (secondary N) is 1. The van der Waals surface area contributed by atoms with E-state index in [1.807, 2.05) is 19.2 Å². The van der Waals surface area contributed by atoms with E-state index in [4.69, 9.17) is 12.2 Å². The van der Waals surface area contributed by atoms with E-state index in [1.54, 1.807) is 0 Å². The van der Waals surface area contributed by atoms with Gasteiger partial charge in [-0.1, -0.05) is 60.7 Å². The van der Waals surface area contributed by atoms with Crippen molar-refractivity contribution >= 4 is 17.3 Å². The molecule has 1 N–H and O–H groups in total. The minimum atomic E-state index is 0.267. The van der Waals surface area contributed by atoms with Crippen LogP contribution >= 0.6 is 12.2 Å². The van der Waals surface area contributed by atoms with Gasteiger partial charge in [-0.25, -0.2) is 0 Å². The third-order valence-electron chi connectivity index (χ3n) is 3.72. The fourth-order valence-corrected chi connectivity index (χ4v) is 2.47. The molecule has 0 fully saturated rings. The summed E-state index contributed by atoms with van der Waals surface area (Å²) in [5, 5.41) is 4.13. The molecule has 0 aliphatic rings. The molecule has 0 bridgehead atoms. The minimum Gasteiger partial charge on any atom is -0.362 e. The molecule has 2 aromatic rings. The summed E-state index contributed by atoms with van der Waals surface area (Å²) < 4.78 is 0. The largest absolute Gasteiger partial charge is 0.362 e. The smallest absolute Gasteiger partial charge is 0.169 e. The Hall–Kier alpha value is -1.87. The van der Waals surface area contributed by atoms with Crippen molar-refractivity contribution in [2.24, 2.45) is 0 Å². The Balaban J connectivity index is 1.82. The van der Waals surface area contributed by atoms with Gasteiger partial charge in [0.25, 0.3) is 0 Å². The van der Waals surface area contributed by atoms with Crippen molar-refractivity contribution in [1.82, 2.24) is 10.2 Å². The van der Waals surface area contributed by atoms with E-state index in [0.29, 0.717) is 0 Å². The molecule has 0 spiro atoms. The van der Waals surface area contributed by atoms with Gasteiger partial charge in [0, 0.05) is 13.6 Å². The first-order chi connectivity index (χ1) is 10.2. The average Bonchev–Trinajstić information content (AvgIpc) is 2.55. The summed E-state index contributed by atoms with van der Waals surface area (Å²) in [5.41, 5.74) is 2.60. The quantitative estimate of drug-likeness (QED) is 0.845. The van der Waals surface area contributed by atoms with E-state index < -0.39 is 0 Å². The van der Waals surface area contributed by atoms with Crippen molar-refractivity contribution in [3.8, 4) is 0 Å². The zero-order valence-electron chi connectivity index (χ0n) is 12.6. The molecular weight excluding hydrogens is 276 g/mol. The summed E-state index contributed by atoms with van der Waals surface area (Å²) in [4.78, 5) is 2.11. The third kappa shape index (κ3) is 4.57. The van der Waals surface area contributed by atoms with E-state index >= 15 is 0 Å². The van der Waals surface area contributed by atoms with Crippen LogP contribution in [0.2, 0.25) is 0 Å². The second-order valence-corrected chi connectivity index (χ2v) is 5.55. The molecule has 1 atom stereocenters. The van der Waals surface area contributed by atoms with Crippen LogP contribution < -0.4 is 5.32 Å². The maximum Gasteiger partial charge on any atom is 0.169 e. The Morgan fingerprint density at radius 2 is 1.62 bits per heavy atom. The summed E-state index contributed by atoms with van der Waals surface area (Å²) in [6, 6.07) is 21.1. The lowest BCUT2D eigenvalue weighted by molar-refractivity contribution is 0.396. The average molecular weight is 298 g/mol. The summed E-state index contributed by atoms with van der Waals surface area (Å²) in [6.07, 6.45) is 0.981. The molecule has 0 saturated heterocycles. The SMILES string of the molecule is C[C@@H](c1ccccc1)N(C)C(=S)NCCc1ccccc1. The number of benzene rings is 2. The van der Waals surface area contributed by atoms with Crippen LogP contribution in [-0.4, -0.2) is 23.6 Å². The Morgan fingerprint density at radius 1 is 1.05 bits per heavy atom. The molecule has 0 amide bonds. The van der Waals surface area contributed by atoms with Gasteiger partial charge in [0.1, 0.15) is 0 Å². The highest BCUT2D eigenvalue weighted by Gasteiger charge is 2.13. The first-order valence-electron chi connectivity index (χ1n) is 7.28. The maximum absolute atomic E-state index is 5.48. The molecule has 0 saturated carbocycles. The molecule has 0 aliphatic heterocycles. The van der Waals surface area contributed by atoms with Gasteiger partial charge in [-0.15, -0.1) is 0 Å². The third-order valence-corrected chi connectivity index (χ3v) is 4.15. The van der Waals surface area contributed by atoms with Gasteiger partial charge in [-0.05, 0) is 36.7 Å². The number of thiocarbonyl (C=S) groups is 1.